The molecule has 0 atom stereocenters. The molecule has 1 heterocycles. The minimum atomic E-state index is -0.264. The van der Waals surface area contributed by atoms with Crippen molar-refractivity contribution in [1.82, 2.24) is 0 Å². The zero-order valence-electron chi connectivity index (χ0n) is 17.4. The lowest BCUT2D eigenvalue weighted by molar-refractivity contribution is -0.139. The van der Waals surface area contributed by atoms with Crippen LogP contribution in [0.1, 0.15) is 57.4 Å². The van der Waals surface area contributed by atoms with Gasteiger partial charge in [-0.15, -0.1) is 0 Å². The molecule has 0 radical (unpaired) electrons. The van der Waals surface area contributed by atoms with E-state index in [0.29, 0.717) is 22.5 Å². The van der Waals surface area contributed by atoms with E-state index in [1.165, 1.54) is 12.7 Å². The molecule has 1 aliphatic rings. The lowest BCUT2D eigenvalue weighted by Gasteiger charge is -2.19. The molecule has 5 nitrogen and oxygen atoms in total. The van der Waals surface area contributed by atoms with Gasteiger partial charge in [-0.25, -0.2) is 0 Å². The molecule has 0 bridgehead atoms. The maximum absolute atomic E-state index is 12.9. The van der Waals surface area contributed by atoms with Gasteiger partial charge in [-0.2, -0.15) is 0 Å². The first-order valence-electron chi connectivity index (χ1n) is 10.6. The molecule has 1 aromatic heterocycles. The normalized spacial score (nSPS) is 14.8. The van der Waals surface area contributed by atoms with Gasteiger partial charge in [-0.1, -0.05) is 51.3 Å². The molecule has 2 aromatic carbocycles. The van der Waals surface area contributed by atoms with Crippen molar-refractivity contribution < 1.29 is 18.7 Å². The predicted octanol–water partition coefficient (Wildman–Crippen LogP) is 6.19. The van der Waals surface area contributed by atoms with E-state index in [1.807, 2.05) is 24.3 Å². The third-order valence-electron chi connectivity index (χ3n) is 5.63. The molecule has 3 aromatic rings. The number of carbonyl (C=O) groups is 1. The van der Waals surface area contributed by atoms with Gasteiger partial charge in [0.25, 0.3) is 0 Å². The molecule has 0 spiro atoms. The highest BCUT2D eigenvalue weighted by molar-refractivity contribution is 5.81. The lowest BCUT2D eigenvalue weighted by Crippen LogP contribution is -2.22. The van der Waals surface area contributed by atoms with Crippen molar-refractivity contribution in [2.24, 2.45) is 5.92 Å². The highest BCUT2D eigenvalue weighted by Gasteiger charge is 2.23. The summed E-state index contributed by atoms with van der Waals surface area (Å²) in [5.41, 5.74) is 1.11. The van der Waals surface area contributed by atoms with Crippen LogP contribution in [0.2, 0.25) is 0 Å². The van der Waals surface area contributed by atoms with E-state index in [-0.39, 0.29) is 29.0 Å². The zero-order valence-corrected chi connectivity index (χ0v) is 17.4. The van der Waals surface area contributed by atoms with Crippen LogP contribution in [0.3, 0.4) is 0 Å². The molecule has 156 valence electrons. The molecule has 4 rings (SSSR count). The SMILES string of the molecule is CC(C)c1ccccc1Oc1coc2cc(OC(=O)C3CCCCC3)ccc2c1=O. The van der Waals surface area contributed by atoms with Crippen molar-refractivity contribution in [3.63, 3.8) is 0 Å². The lowest BCUT2D eigenvalue weighted by atomic mass is 9.89. The second-order valence-electron chi connectivity index (χ2n) is 8.14. The fourth-order valence-electron chi connectivity index (χ4n) is 3.93. The van der Waals surface area contributed by atoms with Crippen LogP contribution in [0, 0.1) is 5.92 Å². The van der Waals surface area contributed by atoms with Gasteiger partial charge in [0.05, 0.1) is 11.3 Å². The smallest absolute Gasteiger partial charge is 0.314 e. The van der Waals surface area contributed by atoms with E-state index in [0.717, 1.165) is 31.2 Å². The Bertz CT molecular complexity index is 1110. The van der Waals surface area contributed by atoms with Gasteiger partial charge in [-0.05, 0) is 42.5 Å². The monoisotopic (exact) mass is 406 g/mol. The second kappa shape index (κ2) is 8.74. The average molecular weight is 406 g/mol. The average Bonchev–Trinajstić information content (AvgIpc) is 2.76. The summed E-state index contributed by atoms with van der Waals surface area (Å²) in [6.45, 7) is 4.14. The summed E-state index contributed by atoms with van der Waals surface area (Å²) in [4.78, 5) is 25.3. The number of ether oxygens (including phenoxy) is 2. The first-order chi connectivity index (χ1) is 14.5. The highest BCUT2D eigenvalue weighted by atomic mass is 16.5. The number of para-hydroxylation sites is 1. The third-order valence-corrected chi connectivity index (χ3v) is 5.63. The Morgan fingerprint density at radius 1 is 1.03 bits per heavy atom. The van der Waals surface area contributed by atoms with E-state index in [2.05, 4.69) is 13.8 Å². The minimum Gasteiger partial charge on any atom is -0.460 e. The summed E-state index contributed by atoms with van der Waals surface area (Å²) in [6.07, 6.45) is 6.37. The molecule has 1 saturated carbocycles. The van der Waals surface area contributed by atoms with Crippen molar-refractivity contribution in [3.05, 3.63) is 64.5 Å². The van der Waals surface area contributed by atoms with Crippen molar-refractivity contribution in [2.75, 3.05) is 0 Å². The van der Waals surface area contributed by atoms with Crippen LogP contribution in [0.4, 0.5) is 0 Å². The van der Waals surface area contributed by atoms with E-state index in [9.17, 15) is 9.59 Å². The van der Waals surface area contributed by atoms with E-state index in [1.54, 1.807) is 18.2 Å². The standard InChI is InChI=1S/C25H26O5/c1-16(2)19-10-6-7-11-21(19)30-23-15-28-22-14-18(12-13-20(22)24(23)26)29-25(27)17-8-4-3-5-9-17/h6-7,10-17H,3-5,8-9H2,1-2H3. The number of hydrogen-bond acceptors (Lipinski definition) is 5. The Hall–Kier alpha value is -3.08. The number of hydrogen-bond donors (Lipinski definition) is 0. The van der Waals surface area contributed by atoms with Gasteiger partial charge in [0.1, 0.15) is 23.3 Å². The van der Waals surface area contributed by atoms with Crippen LogP contribution in [0.15, 0.2) is 57.9 Å². The minimum absolute atomic E-state index is 0.0433. The van der Waals surface area contributed by atoms with E-state index < -0.39 is 0 Å². The van der Waals surface area contributed by atoms with Gasteiger partial charge < -0.3 is 13.9 Å². The van der Waals surface area contributed by atoms with Crippen LogP contribution < -0.4 is 14.9 Å². The van der Waals surface area contributed by atoms with E-state index >= 15 is 0 Å². The number of rotatable bonds is 5. The predicted molar refractivity (Wildman–Crippen MR) is 115 cm³/mol. The van der Waals surface area contributed by atoms with Gasteiger partial charge in [0, 0.05) is 6.07 Å². The highest BCUT2D eigenvalue weighted by Crippen LogP contribution is 2.31. The van der Waals surface area contributed by atoms with Crippen molar-refractivity contribution >= 4 is 16.9 Å². The number of esters is 1. The van der Waals surface area contributed by atoms with E-state index in [4.69, 9.17) is 13.9 Å². The molecule has 0 aliphatic heterocycles. The Morgan fingerprint density at radius 2 is 1.80 bits per heavy atom. The molecule has 0 N–H and O–H groups in total. The van der Waals surface area contributed by atoms with Gasteiger partial charge in [0.15, 0.2) is 0 Å². The molecular formula is C25H26O5. The van der Waals surface area contributed by atoms with Crippen LogP contribution in [-0.4, -0.2) is 5.97 Å². The zero-order chi connectivity index (χ0) is 21.1. The third kappa shape index (κ3) is 4.25. The molecule has 1 fully saturated rings. The molecule has 1 aliphatic carbocycles. The van der Waals surface area contributed by atoms with Gasteiger partial charge >= 0.3 is 5.97 Å². The summed E-state index contributed by atoms with van der Waals surface area (Å²) in [7, 11) is 0. The number of carbonyl (C=O) groups excluding carboxylic acids is 1. The Balaban J connectivity index is 1.57. The maximum atomic E-state index is 12.9. The molecule has 30 heavy (non-hydrogen) atoms. The molecule has 0 saturated heterocycles. The first kappa shape index (κ1) is 20.2. The molecular weight excluding hydrogens is 380 g/mol. The summed E-state index contributed by atoms with van der Waals surface area (Å²) in [5.74, 6) is 1.16. The Kier molecular flexibility index (Phi) is 5.88. The van der Waals surface area contributed by atoms with Gasteiger partial charge in [0.2, 0.25) is 11.2 Å². The van der Waals surface area contributed by atoms with Crippen LogP contribution >= 0.6 is 0 Å². The van der Waals surface area contributed by atoms with Crippen molar-refractivity contribution in [2.45, 2.75) is 51.9 Å². The topological polar surface area (TPSA) is 65.7 Å². The quantitative estimate of drug-likeness (QED) is 0.373. The Morgan fingerprint density at radius 3 is 2.57 bits per heavy atom. The molecule has 0 amide bonds. The van der Waals surface area contributed by atoms with Crippen LogP contribution in [-0.2, 0) is 4.79 Å². The summed E-state index contributed by atoms with van der Waals surface area (Å²) < 4.78 is 17.1. The van der Waals surface area contributed by atoms with Crippen molar-refractivity contribution in [1.29, 1.82) is 0 Å². The summed E-state index contributed by atoms with van der Waals surface area (Å²) >= 11 is 0. The summed E-state index contributed by atoms with van der Waals surface area (Å²) in [6, 6.07) is 12.5. The number of fused-ring (bicyclic) bond motifs is 1. The second-order valence-corrected chi connectivity index (χ2v) is 8.14. The fraction of sp³-hybridized carbons (Fsp3) is 0.360. The largest absolute Gasteiger partial charge is 0.460 e. The van der Waals surface area contributed by atoms with Crippen LogP contribution in [0.25, 0.3) is 11.0 Å². The maximum Gasteiger partial charge on any atom is 0.314 e. The first-order valence-corrected chi connectivity index (χ1v) is 10.6. The van der Waals surface area contributed by atoms with Crippen LogP contribution in [0.5, 0.6) is 17.2 Å². The summed E-state index contributed by atoms with van der Waals surface area (Å²) in [5, 5.41) is 0.381. The fourth-order valence-corrected chi connectivity index (χ4v) is 3.93. The van der Waals surface area contributed by atoms with Crippen molar-refractivity contribution in [3.8, 4) is 17.2 Å². The number of benzene rings is 2. The van der Waals surface area contributed by atoms with Gasteiger partial charge in [-0.3, -0.25) is 9.59 Å². The Labute approximate surface area is 175 Å². The molecule has 5 heteroatoms. The molecule has 0 unspecified atom stereocenters.